The van der Waals surface area contributed by atoms with Crippen molar-refractivity contribution in [2.45, 2.75) is 44.7 Å². The molecule has 2 fully saturated rings. The third-order valence-corrected chi connectivity index (χ3v) is 6.52. The number of fused-ring (bicyclic) bond motifs is 1. The molecule has 30 heavy (non-hydrogen) atoms. The van der Waals surface area contributed by atoms with E-state index < -0.39 is 17.2 Å². The average molecular weight is 417 g/mol. The van der Waals surface area contributed by atoms with Gasteiger partial charge in [0.1, 0.15) is 11.3 Å². The number of carboxylic acids is 1. The number of nitrogens with zero attached hydrogens (tertiary/aromatic N) is 2. The maximum atomic E-state index is 15.4. The molecule has 1 saturated carbocycles. The highest BCUT2D eigenvalue weighted by atomic mass is 19.1. The van der Waals surface area contributed by atoms with Gasteiger partial charge in [-0.3, -0.25) is 4.79 Å². The summed E-state index contributed by atoms with van der Waals surface area (Å²) in [6.45, 7) is 3.48. The van der Waals surface area contributed by atoms with Crippen molar-refractivity contribution >= 4 is 22.6 Å². The Bertz CT molecular complexity index is 1050. The Kier molecular flexibility index (Phi) is 5.44. The molecule has 8 heteroatoms. The van der Waals surface area contributed by atoms with E-state index in [9.17, 15) is 14.7 Å². The maximum absolute atomic E-state index is 15.4. The van der Waals surface area contributed by atoms with Crippen LogP contribution < -0.4 is 20.4 Å². The summed E-state index contributed by atoms with van der Waals surface area (Å²) in [5.41, 5.74) is -0.187. The maximum Gasteiger partial charge on any atom is 0.341 e. The number of carboxylic acid groups (broad SMARTS) is 1. The molecule has 2 atom stereocenters. The molecule has 0 amide bonds. The number of methoxy groups -OCH3 is 1. The third kappa shape index (κ3) is 3.33. The van der Waals surface area contributed by atoms with Crippen molar-refractivity contribution in [1.29, 1.82) is 0 Å². The van der Waals surface area contributed by atoms with E-state index in [0.29, 0.717) is 42.0 Å². The number of halogens is 1. The van der Waals surface area contributed by atoms with Crippen LogP contribution in [0.2, 0.25) is 0 Å². The second-order valence-corrected chi connectivity index (χ2v) is 8.25. The molecule has 0 radical (unpaired) electrons. The van der Waals surface area contributed by atoms with Gasteiger partial charge in [-0.25, -0.2) is 9.18 Å². The van der Waals surface area contributed by atoms with Crippen LogP contribution in [0.25, 0.3) is 10.9 Å². The topological polar surface area (TPSA) is 83.8 Å². The second-order valence-electron chi connectivity index (χ2n) is 8.25. The number of piperidine rings is 1. The van der Waals surface area contributed by atoms with Gasteiger partial charge < -0.3 is 24.6 Å². The minimum atomic E-state index is -1.31. The molecule has 1 aliphatic carbocycles. The molecule has 162 valence electrons. The Balaban J connectivity index is 1.93. The summed E-state index contributed by atoms with van der Waals surface area (Å²) < 4.78 is 22.9. The van der Waals surface area contributed by atoms with Crippen molar-refractivity contribution in [3.05, 3.63) is 33.9 Å². The van der Waals surface area contributed by atoms with E-state index in [2.05, 4.69) is 12.2 Å². The summed E-state index contributed by atoms with van der Waals surface area (Å²) in [5.74, 6) is -1.19. The molecule has 2 aliphatic rings. The zero-order valence-corrected chi connectivity index (χ0v) is 17.6. The molecule has 2 unspecified atom stereocenters. The second kappa shape index (κ2) is 7.91. The fourth-order valence-corrected chi connectivity index (χ4v) is 4.75. The summed E-state index contributed by atoms with van der Waals surface area (Å²) in [6, 6.07) is 1.66. The molecule has 0 spiro atoms. The molecule has 4 rings (SSSR count). The number of rotatable bonds is 6. The van der Waals surface area contributed by atoms with Gasteiger partial charge in [-0.2, -0.15) is 0 Å². The van der Waals surface area contributed by atoms with E-state index in [1.54, 1.807) is 4.57 Å². The van der Waals surface area contributed by atoms with Crippen LogP contribution in [0.4, 0.5) is 10.1 Å². The summed E-state index contributed by atoms with van der Waals surface area (Å²) >= 11 is 0. The summed E-state index contributed by atoms with van der Waals surface area (Å²) in [6.07, 6.45) is 5.00. The van der Waals surface area contributed by atoms with Gasteiger partial charge in [0, 0.05) is 31.4 Å². The normalized spacial score (nSPS) is 21.8. The molecule has 1 aliphatic heterocycles. The third-order valence-electron chi connectivity index (χ3n) is 6.52. The lowest BCUT2D eigenvalue weighted by atomic mass is 9.89. The van der Waals surface area contributed by atoms with Gasteiger partial charge >= 0.3 is 5.97 Å². The highest BCUT2D eigenvalue weighted by molar-refractivity contribution is 5.97. The summed E-state index contributed by atoms with van der Waals surface area (Å²) in [4.78, 5) is 26.4. The van der Waals surface area contributed by atoms with E-state index in [0.717, 1.165) is 25.7 Å². The molecule has 0 bridgehead atoms. The smallest absolute Gasteiger partial charge is 0.341 e. The molecule has 2 N–H and O–H groups in total. The standard InChI is InChI=1S/C22H28FN3O4/c1-4-12-10-25(8-7-17(12)24-2)19-16(23)9-14-18(21(19)30-3)26(13-5-6-13)11-15(20(14)27)22(28)29/h9,11-13,17,24H,4-8,10H2,1-3H3,(H,28,29). The lowest BCUT2D eigenvalue weighted by Gasteiger charge is -2.40. The molecule has 7 nitrogen and oxygen atoms in total. The van der Waals surface area contributed by atoms with Crippen molar-refractivity contribution in [3.8, 4) is 5.75 Å². The van der Waals surface area contributed by atoms with Crippen LogP contribution in [-0.4, -0.2) is 48.9 Å². The minimum absolute atomic E-state index is 0.0528. The number of pyridine rings is 1. The average Bonchev–Trinajstić information content (AvgIpc) is 3.58. The van der Waals surface area contributed by atoms with Gasteiger partial charge in [0.25, 0.3) is 0 Å². The first kappa shape index (κ1) is 20.7. The van der Waals surface area contributed by atoms with Gasteiger partial charge in [-0.1, -0.05) is 13.3 Å². The SMILES string of the molecule is CCC1CN(c2c(F)cc3c(=O)c(C(=O)O)cn(C4CC4)c3c2OC)CCC1NC. The quantitative estimate of drug-likeness (QED) is 0.752. The number of nitrogens with one attached hydrogen (secondary N) is 1. The molecular formula is C22H28FN3O4. The highest BCUT2D eigenvalue weighted by Crippen LogP contribution is 2.44. The van der Waals surface area contributed by atoms with Gasteiger partial charge in [0.05, 0.1) is 18.0 Å². The Morgan fingerprint density at radius 3 is 2.67 bits per heavy atom. The highest BCUT2D eigenvalue weighted by Gasteiger charge is 2.34. The molecule has 2 heterocycles. The summed E-state index contributed by atoms with van der Waals surface area (Å²) in [7, 11) is 3.43. The largest absolute Gasteiger partial charge is 0.492 e. The van der Waals surface area contributed by atoms with Gasteiger partial charge in [0.2, 0.25) is 5.43 Å². The van der Waals surface area contributed by atoms with Crippen LogP contribution >= 0.6 is 0 Å². The van der Waals surface area contributed by atoms with E-state index in [4.69, 9.17) is 4.74 Å². The number of ether oxygens (including phenoxy) is 1. The minimum Gasteiger partial charge on any atom is -0.492 e. The van der Waals surface area contributed by atoms with Crippen molar-refractivity contribution in [3.63, 3.8) is 0 Å². The predicted molar refractivity (Wildman–Crippen MR) is 113 cm³/mol. The zero-order valence-electron chi connectivity index (χ0n) is 17.6. The Morgan fingerprint density at radius 2 is 2.10 bits per heavy atom. The van der Waals surface area contributed by atoms with Gasteiger partial charge in [-0.05, 0) is 38.3 Å². The molecule has 1 aromatic heterocycles. The van der Waals surface area contributed by atoms with Gasteiger partial charge in [0.15, 0.2) is 11.6 Å². The number of aromatic carboxylic acids is 1. The number of aromatic nitrogens is 1. The van der Waals surface area contributed by atoms with E-state index in [1.165, 1.54) is 19.4 Å². The first-order valence-corrected chi connectivity index (χ1v) is 10.5. The first-order chi connectivity index (χ1) is 14.4. The number of anilines is 1. The first-order valence-electron chi connectivity index (χ1n) is 10.5. The van der Waals surface area contributed by atoms with Crippen molar-refractivity contribution in [1.82, 2.24) is 9.88 Å². The van der Waals surface area contributed by atoms with Crippen LogP contribution in [0.5, 0.6) is 5.75 Å². The van der Waals surface area contributed by atoms with Crippen LogP contribution in [0.1, 0.15) is 49.0 Å². The molecule has 1 aromatic carbocycles. The zero-order chi connectivity index (χ0) is 21.6. The van der Waals surface area contributed by atoms with Crippen LogP contribution in [0, 0.1) is 11.7 Å². The lowest BCUT2D eigenvalue weighted by Crippen LogP contribution is -2.48. The molecular weight excluding hydrogens is 389 g/mol. The number of hydrogen-bond donors (Lipinski definition) is 2. The van der Waals surface area contributed by atoms with Crippen molar-refractivity contribution < 1.29 is 19.0 Å². The van der Waals surface area contributed by atoms with Crippen LogP contribution in [0.3, 0.4) is 0 Å². The van der Waals surface area contributed by atoms with E-state index in [-0.39, 0.29) is 17.0 Å². The monoisotopic (exact) mass is 417 g/mol. The Hall–Kier alpha value is -2.61. The van der Waals surface area contributed by atoms with Crippen LogP contribution in [0.15, 0.2) is 17.1 Å². The van der Waals surface area contributed by atoms with Crippen molar-refractivity contribution in [2.24, 2.45) is 5.92 Å². The number of hydrogen-bond acceptors (Lipinski definition) is 5. The van der Waals surface area contributed by atoms with Gasteiger partial charge in [-0.15, -0.1) is 0 Å². The fraction of sp³-hybridized carbons (Fsp3) is 0.545. The van der Waals surface area contributed by atoms with E-state index in [1.807, 2.05) is 11.9 Å². The molecule has 1 saturated heterocycles. The Labute approximate surface area is 174 Å². The molecule has 2 aromatic rings. The van der Waals surface area contributed by atoms with Crippen molar-refractivity contribution in [2.75, 3.05) is 32.1 Å². The predicted octanol–water partition coefficient (Wildman–Crippen LogP) is 3.01. The number of benzene rings is 1. The summed E-state index contributed by atoms with van der Waals surface area (Å²) in [5, 5.41) is 12.9. The Morgan fingerprint density at radius 1 is 1.37 bits per heavy atom. The van der Waals surface area contributed by atoms with Crippen LogP contribution in [-0.2, 0) is 0 Å². The fourth-order valence-electron chi connectivity index (χ4n) is 4.75. The van der Waals surface area contributed by atoms with E-state index >= 15 is 4.39 Å². The number of carbonyl (C=O) groups is 1. The lowest BCUT2D eigenvalue weighted by molar-refractivity contribution is 0.0695.